The molecule has 3 amide bonds. The molecule has 2 saturated heterocycles. The molecule has 1 atom stereocenters. The zero-order valence-electron chi connectivity index (χ0n) is 18.3. The topological polar surface area (TPSA) is 55.9 Å². The number of carbonyl (C=O) groups excluding carboxylic acids is 2. The van der Waals surface area contributed by atoms with Crippen molar-refractivity contribution >= 4 is 22.7 Å². The minimum Gasteiger partial charge on any atom is -0.319 e. The molecule has 2 fully saturated rings. The molecule has 0 radical (unpaired) electrons. The van der Waals surface area contributed by atoms with Crippen LogP contribution in [0.15, 0.2) is 72.8 Å². The van der Waals surface area contributed by atoms with Crippen molar-refractivity contribution in [2.45, 2.75) is 19.0 Å². The van der Waals surface area contributed by atoms with E-state index in [0.717, 1.165) is 38.3 Å². The molecular formula is C26H28N4O2. The number of rotatable bonds is 5. The number of hydrogen-bond acceptors (Lipinski definition) is 4. The van der Waals surface area contributed by atoms with Gasteiger partial charge in [0.05, 0.1) is 6.67 Å². The van der Waals surface area contributed by atoms with E-state index in [-0.39, 0.29) is 11.9 Å². The van der Waals surface area contributed by atoms with Gasteiger partial charge in [-0.05, 0) is 28.8 Å². The standard InChI is InChI=1S/C26H28N4O2/c1-26(22-11-3-2-4-12-22)24(31)30(25(32)27-26)19-29-16-14-28(15-17-29)18-21-10-7-9-20-8-5-6-13-23(20)21/h2-13H,14-19H2,1H3,(H,27,32). The molecule has 2 aliphatic rings. The van der Waals surface area contributed by atoms with Gasteiger partial charge in [-0.1, -0.05) is 72.8 Å². The van der Waals surface area contributed by atoms with Crippen molar-refractivity contribution in [3.05, 3.63) is 83.9 Å². The van der Waals surface area contributed by atoms with E-state index in [1.54, 1.807) is 6.92 Å². The minimum absolute atomic E-state index is 0.188. The number of urea groups is 1. The smallest absolute Gasteiger partial charge is 0.319 e. The van der Waals surface area contributed by atoms with Crippen molar-refractivity contribution in [2.24, 2.45) is 0 Å². The molecule has 0 spiro atoms. The third-order valence-corrected chi connectivity index (χ3v) is 6.71. The molecule has 32 heavy (non-hydrogen) atoms. The van der Waals surface area contributed by atoms with Gasteiger partial charge in [0.25, 0.3) is 5.91 Å². The minimum atomic E-state index is -1.01. The molecule has 0 bridgehead atoms. The summed E-state index contributed by atoms with van der Waals surface area (Å²) >= 11 is 0. The summed E-state index contributed by atoms with van der Waals surface area (Å²) in [6.07, 6.45) is 0. The fourth-order valence-corrected chi connectivity index (χ4v) is 4.75. The van der Waals surface area contributed by atoms with Crippen LogP contribution in [0.2, 0.25) is 0 Å². The lowest BCUT2D eigenvalue weighted by atomic mass is 9.92. The lowest BCUT2D eigenvalue weighted by Crippen LogP contribution is -2.51. The summed E-state index contributed by atoms with van der Waals surface area (Å²) in [7, 11) is 0. The number of fused-ring (bicyclic) bond motifs is 1. The van der Waals surface area contributed by atoms with E-state index in [0.29, 0.717) is 6.67 Å². The van der Waals surface area contributed by atoms with Gasteiger partial charge in [-0.3, -0.25) is 14.6 Å². The van der Waals surface area contributed by atoms with Crippen LogP contribution in [0.5, 0.6) is 0 Å². The number of piperazine rings is 1. The first-order valence-corrected chi connectivity index (χ1v) is 11.2. The van der Waals surface area contributed by atoms with Crippen molar-refractivity contribution < 1.29 is 9.59 Å². The van der Waals surface area contributed by atoms with Crippen LogP contribution >= 0.6 is 0 Å². The third-order valence-electron chi connectivity index (χ3n) is 6.71. The number of imide groups is 1. The van der Waals surface area contributed by atoms with Gasteiger partial charge in [0, 0.05) is 32.7 Å². The van der Waals surface area contributed by atoms with Gasteiger partial charge in [0.2, 0.25) is 0 Å². The largest absolute Gasteiger partial charge is 0.326 e. The van der Waals surface area contributed by atoms with Crippen LogP contribution in [0, 0.1) is 0 Å². The molecule has 1 unspecified atom stereocenters. The lowest BCUT2D eigenvalue weighted by molar-refractivity contribution is -0.132. The Morgan fingerprint density at radius 1 is 0.812 bits per heavy atom. The highest BCUT2D eigenvalue weighted by molar-refractivity contribution is 6.07. The third kappa shape index (κ3) is 3.76. The van der Waals surface area contributed by atoms with E-state index >= 15 is 0 Å². The zero-order chi connectivity index (χ0) is 22.1. The van der Waals surface area contributed by atoms with Crippen LogP contribution in [0.1, 0.15) is 18.1 Å². The number of amides is 3. The monoisotopic (exact) mass is 428 g/mol. The van der Waals surface area contributed by atoms with E-state index in [1.807, 2.05) is 30.3 Å². The van der Waals surface area contributed by atoms with Crippen LogP contribution in [0.4, 0.5) is 4.79 Å². The highest BCUT2D eigenvalue weighted by Crippen LogP contribution is 2.29. The van der Waals surface area contributed by atoms with E-state index in [9.17, 15) is 9.59 Å². The maximum absolute atomic E-state index is 13.1. The number of carbonyl (C=O) groups is 2. The molecule has 3 aromatic carbocycles. The van der Waals surface area contributed by atoms with Crippen LogP contribution in [-0.4, -0.2) is 59.5 Å². The molecular weight excluding hydrogens is 400 g/mol. The first kappa shape index (κ1) is 20.7. The van der Waals surface area contributed by atoms with Gasteiger partial charge < -0.3 is 5.32 Å². The molecule has 2 aliphatic heterocycles. The molecule has 6 heteroatoms. The van der Waals surface area contributed by atoms with Gasteiger partial charge in [-0.2, -0.15) is 0 Å². The maximum Gasteiger partial charge on any atom is 0.326 e. The summed E-state index contributed by atoms with van der Waals surface area (Å²) in [6, 6.07) is 24.1. The Balaban J connectivity index is 1.21. The molecule has 3 aromatic rings. The van der Waals surface area contributed by atoms with Crippen molar-refractivity contribution in [3.8, 4) is 0 Å². The maximum atomic E-state index is 13.1. The SMILES string of the molecule is CC1(c2ccccc2)NC(=O)N(CN2CCN(Cc3cccc4ccccc34)CC2)C1=O. The molecule has 2 heterocycles. The van der Waals surface area contributed by atoms with Gasteiger partial charge in [-0.15, -0.1) is 0 Å². The Morgan fingerprint density at radius 3 is 2.25 bits per heavy atom. The molecule has 0 aliphatic carbocycles. The van der Waals surface area contributed by atoms with Crippen molar-refractivity contribution in [3.63, 3.8) is 0 Å². The number of nitrogens with one attached hydrogen (secondary N) is 1. The summed E-state index contributed by atoms with van der Waals surface area (Å²) in [4.78, 5) is 31.8. The molecule has 0 aromatic heterocycles. The second-order valence-corrected chi connectivity index (χ2v) is 8.83. The normalized spacial score (nSPS) is 22.5. The van der Waals surface area contributed by atoms with Crippen molar-refractivity contribution in [1.29, 1.82) is 0 Å². The average molecular weight is 429 g/mol. The Hall–Kier alpha value is -3.22. The second kappa shape index (κ2) is 8.37. The fraction of sp³-hybridized carbons (Fsp3) is 0.308. The molecule has 1 N–H and O–H groups in total. The molecule has 0 saturated carbocycles. The van der Waals surface area contributed by atoms with Crippen LogP contribution < -0.4 is 5.32 Å². The average Bonchev–Trinajstić information content (AvgIpc) is 3.05. The number of nitrogens with zero attached hydrogens (tertiary/aromatic N) is 3. The summed E-state index contributed by atoms with van der Waals surface area (Å²) in [5.41, 5.74) is 1.14. The molecule has 164 valence electrons. The highest BCUT2D eigenvalue weighted by atomic mass is 16.2. The number of benzene rings is 3. The van der Waals surface area contributed by atoms with Crippen molar-refractivity contribution in [2.75, 3.05) is 32.8 Å². The van der Waals surface area contributed by atoms with E-state index in [2.05, 4.69) is 57.6 Å². The second-order valence-electron chi connectivity index (χ2n) is 8.83. The quantitative estimate of drug-likeness (QED) is 0.633. The Labute approximate surface area is 188 Å². The Kier molecular flexibility index (Phi) is 5.41. The van der Waals surface area contributed by atoms with E-state index in [1.165, 1.54) is 21.2 Å². The van der Waals surface area contributed by atoms with Gasteiger partial charge in [-0.25, -0.2) is 9.69 Å². The molecule has 5 rings (SSSR count). The highest BCUT2D eigenvalue weighted by Gasteiger charge is 2.49. The van der Waals surface area contributed by atoms with E-state index in [4.69, 9.17) is 0 Å². The summed E-state index contributed by atoms with van der Waals surface area (Å²) in [5, 5.41) is 5.46. The van der Waals surface area contributed by atoms with Crippen LogP contribution in [0.25, 0.3) is 10.8 Å². The van der Waals surface area contributed by atoms with Gasteiger partial charge in [0.15, 0.2) is 0 Å². The molecule has 6 nitrogen and oxygen atoms in total. The van der Waals surface area contributed by atoms with Gasteiger partial charge >= 0.3 is 6.03 Å². The summed E-state index contributed by atoms with van der Waals surface area (Å²) in [5.74, 6) is -0.188. The first-order chi connectivity index (χ1) is 15.5. The lowest BCUT2D eigenvalue weighted by Gasteiger charge is -2.36. The summed E-state index contributed by atoms with van der Waals surface area (Å²) < 4.78 is 0. The fourth-order valence-electron chi connectivity index (χ4n) is 4.75. The Bertz CT molecular complexity index is 1140. The van der Waals surface area contributed by atoms with Crippen molar-refractivity contribution in [1.82, 2.24) is 20.0 Å². The van der Waals surface area contributed by atoms with E-state index < -0.39 is 5.54 Å². The van der Waals surface area contributed by atoms with Gasteiger partial charge in [0.1, 0.15) is 5.54 Å². The zero-order valence-corrected chi connectivity index (χ0v) is 18.3. The summed E-state index contributed by atoms with van der Waals surface area (Å²) in [6.45, 7) is 6.48. The predicted molar refractivity (Wildman–Crippen MR) is 125 cm³/mol. The van der Waals surface area contributed by atoms with Crippen LogP contribution in [0.3, 0.4) is 0 Å². The first-order valence-electron chi connectivity index (χ1n) is 11.2. The number of hydrogen-bond donors (Lipinski definition) is 1. The van der Waals surface area contributed by atoms with Crippen LogP contribution in [-0.2, 0) is 16.9 Å². The Morgan fingerprint density at radius 2 is 1.47 bits per heavy atom. The predicted octanol–water partition coefficient (Wildman–Crippen LogP) is 3.38.